The smallest absolute Gasteiger partial charge is 0.325 e. The maximum Gasteiger partial charge on any atom is 0.325 e. The average molecular weight is 459 g/mol. The van der Waals surface area contributed by atoms with Gasteiger partial charge in [-0.15, -0.1) is 0 Å². The van der Waals surface area contributed by atoms with Crippen molar-refractivity contribution < 1.29 is 28.6 Å². The molecule has 2 amide bonds. The molecule has 0 spiro atoms. The third-order valence-electron chi connectivity index (χ3n) is 5.46. The highest BCUT2D eigenvalue weighted by Crippen LogP contribution is 2.36. The lowest BCUT2D eigenvalue weighted by molar-refractivity contribution is -0.148. The number of carbonyl (C=O) groups is 3. The Morgan fingerprint density at radius 1 is 1.12 bits per heavy atom. The Balaban J connectivity index is 1.50. The number of ether oxygens (including phenoxy) is 3. The summed E-state index contributed by atoms with van der Waals surface area (Å²) < 4.78 is 15.9. The standard InChI is InChI=1S/C23H23ClN2O6/c1-30-22(28)14-25(12-15-2-4-17(24)5-3-15)23(29)16-10-21(27)26(13-16)18-6-7-19-20(11-18)32-9-8-31-19/h2-7,11,16H,8-10,12-14H2,1H3. The monoisotopic (exact) mass is 458 g/mol. The highest BCUT2D eigenvalue weighted by Gasteiger charge is 2.38. The van der Waals surface area contributed by atoms with Crippen LogP contribution < -0.4 is 14.4 Å². The van der Waals surface area contributed by atoms with Crippen molar-refractivity contribution in [3.63, 3.8) is 0 Å². The molecule has 9 heteroatoms. The van der Waals surface area contributed by atoms with Crippen molar-refractivity contribution in [3.8, 4) is 11.5 Å². The Labute approximate surface area is 190 Å². The van der Waals surface area contributed by atoms with E-state index in [1.54, 1.807) is 47.4 Å². The second-order valence-corrected chi connectivity index (χ2v) is 8.07. The highest BCUT2D eigenvalue weighted by atomic mass is 35.5. The Hall–Kier alpha value is -3.26. The number of halogens is 1. The minimum atomic E-state index is -0.576. The molecule has 168 valence electrons. The molecule has 1 unspecified atom stereocenters. The lowest BCUT2D eigenvalue weighted by Crippen LogP contribution is -2.40. The molecule has 2 aliphatic heterocycles. The van der Waals surface area contributed by atoms with Crippen LogP contribution in [0.25, 0.3) is 0 Å². The summed E-state index contributed by atoms with van der Waals surface area (Å²) in [5, 5.41) is 0.580. The van der Waals surface area contributed by atoms with Gasteiger partial charge in [0, 0.05) is 36.3 Å². The zero-order chi connectivity index (χ0) is 22.7. The summed E-state index contributed by atoms with van der Waals surface area (Å²) in [5.41, 5.74) is 1.46. The molecular formula is C23H23ClN2O6. The normalized spacial score (nSPS) is 17.2. The molecule has 0 N–H and O–H groups in total. The molecule has 2 aromatic carbocycles. The summed E-state index contributed by atoms with van der Waals surface area (Å²) >= 11 is 5.94. The fourth-order valence-corrected chi connectivity index (χ4v) is 3.95. The average Bonchev–Trinajstić information content (AvgIpc) is 3.20. The van der Waals surface area contributed by atoms with Gasteiger partial charge in [0.15, 0.2) is 11.5 Å². The van der Waals surface area contributed by atoms with Crippen LogP contribution in [0, 0.1) is 5.92 Å². The Bertz CT molecular complexity index is 1030. The van der Waals surface area contributed by atoms with Gasteiger partial charge in [-0.1, -0.05) is 23.7 Å². The van der Waals surface area contributed by atoms with E-state index in [1.165, 1.54) is 12.0 Å². The first kappa shape index (κ1) is 22.0. The Kier molecular flexibility index (Phi) is 6.50. The van der Waals surface area contributed by atoms with Crippen molar-refractivity contribution in [1.29, 1.82) is 0 Å². The molecule has 0 bridgehead atoms. The molecule has 1 atom stereocenters. The number of hydrogen-bond acceptors (Lipinski definition) is 6. The van der Waals surface area contributed by atoms with Gasteiger partial charge in [-0.05, 0) is 29.8 Å². The van der Waals surface area contributed by atoms with Crippen LogP contribution >= 0.6 is 11.6 Å². The number of carbonyl (C=O) groups excluding carboxylic acids is 3. The second-order valence-electron chi connectivity index (χ2n) is 7.63. The van der Waals surface area contributed by atoms with Crippen LogP contribution in [0.15, 0.2) is 42.5 Å². The number of fused-ring (bicyclic) bond motifs is 1. The third kappa shape index (κ3) is 4.80. The van der Waals surface area contributed by atoms with Crippen LogP contribution in [0.2, 0.25) is 5.02 Å². The van der Waals surface area contributed by atoms with Crippen molar-refractivity contribution in [2.75, 3.05) is 38.3 Å². The molecular weight excluding hydrogens is 436 g/mol. The van der Waals surface area contributed by atoms with Gasteiger partial charge in [0.05, 0.1) is 13.0 Å². The quantitative estimate of drug-likeness (QED) is 0.619. The number of nitrogens with zero attached hydrogens (tertiary/aromatic N) is 2. The van der Waals surface area contributed by atoms with Gasteiger partial charge in [-0.2, -0.15) is 0 Å². The van der Waals surface area contributed by atoms with Gasteiger partial charge in [-0.3, -0.25) is 14.4 Å². The van der Waals surface area contributed by atoms with Crippen molar-refractivity contribution in [1.82, 2.24) is 4.90 Å². The van der Waals surface area contributed by atoms with Crippen molar-refractivity contribution >= 4 is 35.1 Å². The molecule has 2 aromatic rings. The summed E-state index contributed by atoms with van der Waals surface area (Å²) in [6.07, 6.45) is 0.0611. The topological polar surface area (TPSA) is 85.4 Å². The maximum atomic E-state index is 13.3. The zero-order valence-electron chi connectivity index (χ0n) is 17.6. The second kappa shape index (κ2) is 9.48. The Morgan fingerprint density at radius 3 is 2.56 bits per heavy atom. The number of benzene rings is 2. The van der Waals surface area contributed by atoms with E-state index in [9.17, 15) is 14.4 Å². The SMILES string of the molecule is COC(=O)CN(Cc1ccc(Cl)cc1)C(=O)C1CC(=O)N(c2ccc3c(c2)OCCO3)C1. The molecule has 0 aliphatic carbocycles. The van der Waals surface area contributed by atoms with E-state index in [0.717, 1.165) is 5.56 Å². The third-order valence-corrected chi connectivity index (χ3v) is 5.71. The van der Waals surface area contributed by atoms with Gasteiger partial charge in [-0.25, -0.2) is 0 Å². The summed E-state index contributed by atoms with van der Waals surface area (Å²) in [5.74, 6) is -0.339. The van der Waals surface area contributed by atoms with Crippen LogP contribution in [0.1, 0.15) is 12.0 Å². The van der Waals surface area contributed by atoms with Gasteiger partial charge in [0.2, 0.25) is 11.8 Å². The van der Waals surface area contributed by atoms with Crippen LogP contribution in [-0.4, -0.2) is 56.1 Å². The van der Waals surface area contributed by atoms with Crippen molar-refractivity contribution in [3.05, 3.63) is 53.1 Å². The van der Waals surface area contributed by atoms with E-state index in [1.807, 2.05) is 0 Å². The predicted octanol–water partition coefficient (Wildman–Crippen LogP) is 2.67. The zero-order valence-corrected chi connectivity index (χ0v) is 18.3. The van der Waals surface area contributed by atoms with Crippen molar-refractivity contribution in [2.24, 2.45) is 5.92 Å². The predicted molar refractivity (Wildman–Crippen MR) is 117 cm³/mol. The molecule has 0 aromatic heterocycles. The van der Waals surface area contributed by atoms with Gasteiger partial charge < -0.3 is 24.0 Å². The van der Waals surface area contributed by atoms with E-state index in [-0.39, 0.29) is 37.9 Å². The van der Waals surface area contributed by atoms with Crippen LogP contribution in [0.3, 0.4) is 0 Å². The lowest BCUT2D eigenvalue weighted by Gasteiger charge is -2.25. The first-order valence-electron chi connectivity index (χ1n) is 10.2. The summed E-state index contributed by atoms with van der Waals surface area (Å²) in [7, 11) is 1.27. The fraction of sp³-hybridized carbons (Fsp3) is 0.348. The molecule has 1 saturated heterocycles. The molecule has 0 saturated carbocycles. The van der Waals surface area contributed by atoms with E-state index in [4.69, 9.17) is 25.8 Å². The first-order chi connectivity index (χ1) is 15.4. The summed E-state index contributed by atoms with van der Waals surface area (Å²) in [4.78, 5) is 40.9. The van der Waals surface area contributed by atoms with E-state index in [2.05, 4.69) is 0 Å². The fourth-order valence-electron chi connectivity index (χ4n) is 3.82. The summed E-state index contributed by atoms with van der Waals surface area (Å²) in [6, 6.07) is 12.3. The number of hydrogen-bond donors (Lipinski definition) is 0. The molecule has 1 fully saturated rings. The number of esters is 1. The van der Waals surface area contributed by atoms with E-state index < -0.39 is 11.9 Å². The molecule has 0 radical (unpaired) electrons. The van der Waals surface area contributed by atoms with Crippen LogP contribution in [-0.2, 0) is 25.7 Å². The van der Waals surface area contributed by atoms with Crippen molar-refractivity contribution in [2.45, 2.75) is 13.0 Å². The van der Waals surface area contributed by atoms with Crippen LogP contribution in [0.4, 0.5) is 5.69 Å². The molecule has 4 rings (SSSR count). The van der Waals surface area contributed by atoms with Gasteiger partial charge >= 0.3 is 5.97 Å². The van der Waals surface area contributed by atoms with Gasteiger partial charge in [0.25, 0.3) is 0 Å². The molecule has 8 nitrogen and oxygen atoms in total. The first-order valence-corrected chi connectivity index (χ1v) is 10.6. The number of methoxy groups -OCH3 is 1. The lowest BCUT2D eigenvalue weighted by atomic mass is 10.1. The number of rotatable bonds is 6. The minimum Gasteiger partial charge on any atom is -0.486 e. The molecule has 2 heterocycles. The number of anilines is 1. The minimum absolute atomic E-state index is 0.0611. The largest absolute Gasteiger partial charge is 0.486 e. The van der Waals surface area contributed by atoms with E-state index >= 15 is 0 Å². The molecule has 2 aliphatic rings. The number of amides is 2. The van der Waals surface area contributed by atoms with E-state index in [0.29, 0.717) is 35.4 Å². The molecule has 32 heavy (non-hydrogen) atoms. The highest BCUT2D eigenvalue weighted by molar-refractivity contribution is 6.30. The Morgan fingerprint density at radius 2 is 1.84 bits per heavy atom. The van der Waals surface area contributed by atoms with Gasteiger partial charge in [0.1, 0.15) is 19.8 Å². The summed E-state index contributed by atoms with van der Waals surface area (Å²) in [6.45, 7) is 1.15. The van der Waals surface area contributed by atoms with Crippen LogP contribution in [0.5, 0.6) is 11.5 Å². The maximum absolute atomic E-state index is 13.3.